The Labute approximate surface area is 129 Å². The van der Waals surface area contributed by atoms with Gasteiger partial charge in [-0.15, -0.1) is 0 Å². The minimum Gasteiger partial charge on any atom is -0.378 e. The van der Waals surface area contributed by atoms with Crippen molar-refractivity contribution in [1.29, 1.82) is 0 Å². The SMILES string of the molecule is Cc1c(Cl)cccc1NC(=O)CCC(=O)N1CCOCC1. The first-order valence-electron chi connectivity index (χ1n) is 6.98. The van der Waals surface area contributed by atoms with Crippen molar-refractivity contribution in [1.82, 2.24) is 4.90 Å². The lowest BCUT2D eigenvalue weighted by atomic mass is 10.2. The van der Waals surface area contributed by atoms with E-state index in [9.17, 15) is 9.59 Å². The van der Waals surface area contributed by atoms with Crippen molar-refractivity contribution in [3.8, 4) is 0 Å². The summed E-state index contributed by atoms with van der Waals surface area (Å²) in [5.74, 6) is -0.182. The number of hydrogen-bond acceptors (Lipinski definition) is 3. The molecule has 0 atom stereocenters. The molecule has 1 aliphatic rings. The number of nitrogens with one attached hydrogen (secondary N) is 1. The van der Waals surface area contributed by atoms with Crippen LogP contribution in [-0.4, -0.2) is 43.0 Å². The molecule has 0 bridgehead atoms. The second-order valence-electron chi connectivity index (χ2n) is 4.95. The van der Waals surface area contributed by atoms with Gasteiger partial charge < -0.3 is 15.0 Å². The van der Waals surface area contributed by atoms with Gasteiger partial charge in [-0.2, -0.15) is 0 Å². The lowest BCUT2D eigenvalue weighted by molar-refractivity contribution is -0.136. The minimum atomic E-state index is -0.179. The maximum Gasteiger partial charge on any atom is 0.224 e. The van der Waals surface area contributed by atoms with Crippen LogP contribution in [0.25, 0.3) is 0 Å². The molecule has 1 saturated heterocycles. The molecule has 1 aliphatic heterocycles. The van der Waals surface area contributed by atoms with Gasteiger partial charge in [-0.3, -0.25) is 9.59 Å². The van der Waals surface area contributed by atoms with Crippen molar-refractivity contribution < 1.29 is 14.3 Å². The molecule has 2 amide bonds. The highest BCUT2D eigenvalue weighted by molar-refractivity contribution is 6.31. The Balaban J connectivity index is 1.81. The van der Waals surface area contributed by atoms with Crippen molar-refractivity contribution in [2.75, 3.05) is 31.6 Å². The third-order valence-electron chi connectivity index (χ3n) is 3.47. The maximum absolute atomic E-state index is 11.9. The standard InChI is InChI=1S/C15H19ClN2O3/c1-11-12(16)3-2-4-13(11)17-14(19)5-6-15(20)18-7-9-21-10-8-18/h2-4H,5-10H2,1H3,(H,17,19). The van der Waals surface area contributed by atoms with E-state index in [-0.39, 0.29) is 24.7 Å². The molecule has 5 nitrogen and oxygen atoms in total. The molecule has 0 spiro atoms. The van der Waals surface area contributed by atoms with Crippen LogP contribution in [0.4, 0.5) is 5.69 Å². The van der Waals surface area contributed by atoms with Gasteiger partial charge in [0.2, 0.25) is 11.8 Å². The average Bonchev–Trinajstić information content (AvgIpc) is 2.50. The first-order valence-corrected chi connectivity index (χ1v) is 7.36. The Hall–Kier alpha value is -1.59. The van der Waals surface area contributed by atoms with E-state index in [2.05, 4.69) is 5.32 Å². The summed E-state index contributed by atoms with van der Waals surface area (Å²) >= 11 is 6.00. The summed E-state index contributed by atoms with van der Waals surface area (Å²) in [5, 5.41) is 3.40. The number of benzene rings is 1. The molecular formula is C15H19ClN2O3. The van der Waals surface area contributed by atoms with Crippen LogP contribution in [0.15, 0.2) is 18.2 Å². The van der Waals surface area contributed by atoms with Crippen molar-refractivity contribution >= 4 is 29.1 Å². The van der Waals surface area contributed by atoms with Gasteiger partial charge in [0.25, 0.3) is 0 Å². The zero-order valence-corrected chi connectivity index (χ0v) is 12.8. The van der Waals surface area contributed by atoms with E-state index in [1.165, 1.54) is 0 Å². The van der Waals surface area contributed by atoms with Gasteiger partial charge in [0, 0.05) is 36.6 Å². The molecule has 1 fully saturated rings. The van der Waals surface area contributed by atoms with E-state index >= 15 is 0 Å². The van der Waals surface area contributed by atoms with Crippen molar-refractivity contribution in [2.45, 2.75) is 19.8 Å². The summed E-state index contributed by atoms with van der Waals surface area (Å²) < 4.78 is 5.19. The Kier molecular flexibility index (Phi) is 5.59. The first-order chi connectivity index (χ1) is 10.1. The number of morpholine rings is 1. The van der Waals surface area contributed by atoms with Gasteiger partial charge in [0.1, 0.15) is 0 Å². The van der Waals surface area contributed by atoms with E-state index in [4.69, 9.17) is 16.3 Å². The second kappa shape index (κ2) is 7.43. The van der Waals surface area contributed by atoms with E-state index in [1.807, 2.05) is 6.92 Å². The number of anilines is 1. The van der Waals surface area contributed by atoms with Crippen LogP contribution in [0.1, 0.15) is 18.4 Å². The molecule has 2 rings (SSSR count). The summed E-state index contributed by atoms with van der Waals surface area (Å²) in [6.45, 7) is 4.19. The Morgan fingerprint density at radius 1 is 1.29 bits per heavy atom. The number of hydrogen-bond donors (Lipinski definition) is 1. The Bertz CT molecular complexity index is 528. The molecule has 1 N–H and O–H groups in total. The lowest BCUT2D eigenvalue weighted by Crippen LogP contribution is -2.40. The van der Waals surface area contributed by atoms with Crippen LogP contribution in [-0.2, 0) is 14.3 Å². The van der Waals surface area contributed by atoms with Gasteiger partial charge >= 0.3 is 0 Å². The molecular weight excluding hydrogens is 292 g/mol. The fourth-order valence-electron chi connectivity index (χ4n) is 2.15. The smallest absolute Gasteiger partial charge is 0.224 e. The van der Waals surface area contributed by atoms with E-state index in [0.29, 0.717) is 37.0 Å². The van der Waals surface area contributed by atoms with Crippen molar-refractivity contribution in [2.24, 2.45) is 0 Å². The zero-order valence-electron chi connectivity index (χ0n) is 12.0. The summed E-state index contributed by atoms with van der Waals surface area (Å²) in [5.41, 5.74) is 1.51. The molecule has 0 unspecified atom stereocenters. The number of carbonyl (C=O) groups is 2. The molecule has 6 heteroatoms. The number of carbonyl (C=O) groups excluding carboxylic acids is 2. The third kappa shape index (κ3) is 4.44. The molecule has 1 heterocycles. The van der Waals surface area contributed by atoms with Crippen molar-refractivity contribution in [3.05, 3.63) is 28.8 Å². The van der Waals surface area contributed by atoms with Crippen LogP contribution in [0, 0.1) is 6.92 Å². The van der Waals surface area contributed by atoms with Gasteiger partial charge in [-0.05, 0) is 24.6 Å². The van der Waals surface area contributed by atoms with Crippen LogP contribution < -0.4 is 5.32 Å². The Morgan fingerprint density at radius 3 is 2.71 bits per heavy atom. The fourth-order valence-corrected chi connectivity index (χ4v) is 2.32. The van der Waals surface area contributed by atoms with Crippen molar-refractivity contribution in [3.63, 3.8) is 0 Å². The maximum atomic E-state index is 11.9. The topological polar surface area (TPSA) is 58.6 Å². The van der Waals surface area contributed by atoms with Crippen LogP contribution in [0.2, 0.25) is 5.02 Å². The summed E-state index contributed by atoms with van der Waals surface area (Å²) in [7, 11) is 0. The summed E-state index contributed by atoms with van der Waals surface area (Å²) in [6.07, 6.45) is 0.383. The third-order valence-corrected chi connectivity index (χ3v) is 3.88. The van der Waals surface area contributed by atoms with Gasteiger partial charge in [0.15, 0.2) is 0 Å². The summed E-state index contributed by atoms with van der Waals surface area (Å²) in [6, 6.07) is 5.35. The average molecular weight is 311 g/mol. The van der Waals surface area contributed by atoms with E-state index < -0.39 is 0 Å². The van der Waals surface area contributed by atoms with E-state index in [0.717, 1.165) is 5.56 Å². The van der Waals surface area contributed by atoms with E-state index in [1.54, 1.807) is 23.1 Å². The number of rotatable bonds is 4. The van der Waals surface area contributed by atoms with Crippen LogP contribution in [0.3, 0.4) is 0 Å². The largest absolute Gasteiger partial charge is 0.378 e. The molecule has 1 aromatic carbocycles. The molecule has 0 saturated carbocycles. The number of amides is 2. The first kappa shape index (κ1) is 15.8. The fraction of sp³-hybridized carbons (Fsp3) is 0.467. The Morgan fingerprint density at radius 2 is 2.00 bits per heavy atom. The second-order valence-corrected chi connectivity index (χ2v) is 5.36. The normalized spacial score (nSPS) is 14.9. The predicted octanol–water partition coefficient (Wildman–Crippen LogP) is 2.23. The highest BCUT2D eigenvalue weighted by Gasteiger charge is 2.17. The highest BCUT2D eigenvalue weighted by atomic mass is 35.5. The number of halogens is 1. The van der Waals surface area contributed by atoms with Crippen LogP contribution >= 0.6 is 11.6 Å². The van der Waals surface area contributed by atoms with Gasteiger partial charge in [-0.1, -0.05) is 17.7 Å². The lowest BCUT2D eigenvalue weighted by Gasteiger charge is -2.26. The monoisotopic (exact) mass is 310 g/mol. The van der Waals surface area contributed by atoms with Gasteiger partial charge in [0.05, 0.1) is 13.2 Å². The molecule has 0 aromatic heterocycles. The van der Waals surface area contributed by atoms with Gasteiger partial charge in [-0.25, -0.2) is 0 Å². The number of ether oxygens (including phenoxy) is 1. The molecule has 114 valence electrons. The molecule has 0 aliphatic carbocycles. The highest BCUT2D eigenvalue weighted by Crippen LogP contribution is 2.23. The zero-order chi connectivity index (χ0) is 15.2. The predicted molar refractivity (Wildman–Crippen MR) is 81.5 cm³/mol. The molecule has 1 aromatic rings. The number of nitrogens with zero attached hydrogens (tertiary/aromatic N) is 1. The quantitative estimate of drug-likeness (QED) is 0.927. The molecule has 0 radical (unpaired) electrons. The minimum absolute atomic E-state index is 0.00346. The molecule has 21 heavy (non-hydrogen) atoms. The van der Waals surface area contributed by atoms with Crippen LogP contribution in [0.5, 0.6) is 0 Å². The summed E-state index contributed by atoms with van der Waals surface area (Å²) in [4.78, 5) is 25.6.